The van der Waals surface area contributed by atoms with E-state index >= 15 is 0 Å². The summed E-state index contributed by atoms with van der Waals surface area (Å²) < 4.78 is 83.8. The SMILES string of the molecule is CCCCCCCOc1ccc(CCC(C)(COP(=O)(OC(C)(C)C)OC(C)(C)C)NC(=O)OC(C)(C)C)cc1C(F)(F)F. The van der Waals surface area contributed by atoms with Crippen LogP contribution in [-0.2, 0) is 35.5 Å². The Kier molecular flexibility index (Phi) is 14.8. The van der Waals surface area contributed by atoms with Crippen LogP contribution in [0.25, 0.3) is 0 Å². The van der Waals surface area contributed by atoms with Crippen LogP contribution in [0.2, 0.25) is 0 Å². The lowest BCUT2D eigenvalue weighted by Gasteiger charge is -2.35. The highest BCUT2D eigenvalue weighted by molar-refractivity contribution is 7.48. The molecule has 256 valence electrons. The van der Waals surface area contributed by atoms with Gasteiger partial charge in [0.25, 0.3) is 0 Å². The van der Waals surface area contributed by atoms with E-state index in [1.807, 2.05) is 0 Å². The molecular formula is C32H55F3NO7P. The highest BCUT2D eigenvalue weighted by atomic mass is 31.2. The van der Waals surface area contributed by atoms with Crippen LogP contribution in [0, 0.1) is 0 Å². The molecule has 1 atom stereocenters. The van der Waals surface area contributed by atoms with Gasteiger partial charge in [-0.3, -0.25) is 13.6 Å². The van der Waals surface area contributed by atoms with Crippen molar-refractivity contribution in [1.29, 1.82) is 0 Å². The maximum Gasteiger partial charge on any atom is 0.475 e. The van der Waals surface area contributed by atoms with Crippen molar-refractivity contribution in [2.75, 3.05) is 13.2 Å². The van der Waals surface area contributed by atoms with Crippen LogP contribution >= 0.6 is 7.82 Å². The van der Waals surface area contributed by atoms with Crippen molar-refractivity contribution in [2.45, 2.75) is 150 Å². The summed E-state index contributed by atoms with van der Waals surface area (Å²) in [7, 11) is -4.15. The maximum absolute atomic E-state index is 14.0. The van der Waals surface area contributed by atoms with Gasteiger partial charge in [0.05, 0.1) is 35.5 Å². The highest BCUT2D eigenvalue weighted by Crippen LogP contribution is 2.55. The van der Waals surface area contributed by atoms with E-state index in [1.54, 1.807) is 75.3 Å². The first-order valence-electron chi connectivity index (χ1n) is 15.4. The number of phosphoric ester groups is 1. The van der Waals surface area contributed by atoms with Crippen LogP contribution in [-0.4, -0.2) is 41.6 Å². The van der Waals surface area contributed by atoms with Crippen LogP contribution < -0.4 is 10.1 Å². The van der Waals surface area contributed by atoms with Gasteiger partial charge in [0.2, 0.25) is 0 Å². The van der Waals surface area contributed by atoms with E-state index in [4.69, 9.17) is 23.0 Å². The maximum atomic E-state index is 14.0. The number of carbonyl (C=O) groups is 1. The number of hydrogen-bond acceptors (Lipinski definition) is 7. The number of nitrogens with one attached hydrogen (secondary N) is 1. The first kappa shape index (κ1) is 40.2. The molecule has 0 radical (unpaired) electrons. The van der Waals surface area contributed by atoms with E-state index in [9.17, 15) is 22.5 Å². The molecule has 1 aromatic carbocycles. The average Bonchev–Trinajstić information content (AvgIpc) is 2.80. The fourth-order valence-electron chi connectivity index (χ4n) is 4.07. The molecular weight excluding hydrogens is 598 g/mol. The number of carbonyl (C=O) groups excluding carboxylic acids is 1. The van der Waals surface area contributed by atoms with E-state index < -0.39 is 48.0 Å². The Morgan fingerprint density at radius 1 is 0.841 bits per heavy atom. The third kappa shape index (κ3) is 17.0. The Labute approximate surface area is 262 Å². The minimum absolute atomic E-state index is 0.117. The standard InChI is InChI=1S/C32H55F3NO7P/c1-12-13-14-15-16-21-39-26-18-17-24(22-25(26)32(33,34)35)19-20-31(11,36-27(37)41-28(2,3)4)23-40-44(38,42-29(5,6)7)43-30(8,9)10/h17-18,22H,12-16,19-21,23H2,1-11H3,(H,36,37). The number of phosphoric acid groups is 1. The van der Waals surface area contributed by atoms with Gasteiger partial charge in [-0.05, 0) is 106 Å². The van der Waals surface area contributed by atoms with E-state index in [-0.39, 0.29) is 31.8 Å². The number of amides is 1. The topological polar surface area (TPSA) is 92.3 Å². The Hall–Kier alpha value is -1.81. The molecule has 0 aliphatic heterocycles. The molecule has 1 N–H and O–H groups in total. The van der Waals surface area contributed by atoms with Crippen LogP contribution in [0.4, 0.5) is 18.0 Å². The number of aryl methyl sites for hydroxylation is 1. The summed E-state index contributed by atoms with van der Waals surface area (Å²) in [4.78, 5) is 12.8. The molecule has 0 fully saturated rings. The number of halogens is 3. The summed E-state index contributed by atoms with van der Waals surface area (Å²) >= 11 is 0. The zero-order valence-corrected chi connectivity index (χ0v) is 29.4. The summed E-state index contributed by atoms with van der Waals surface area (Å²) in [6, 6.07) is 3.98. The number of hydrogen-bond donors (Lipinski definition) is 1. The van der Waals surface area contributed by atoms with Crippen molar-refractivity contribution in [3.05, 3.63) is 29.3 Å². The molecule has 1 rings (SSSR count). The Morgan fingerprint density at radius 2 is 1.41 bits per heavy atom. The second kappa shape index (κ2) is 16.1. The summed E-state index contributed by atoms with van der Waals surface area (Å²) in [5.41, 5.74) is -4.29. The number of alkyl halides is 3. The summed E-state index contributed by atoms with van der Waals surface area (Å²) in [5, 5.41) is 2.76. The summed E-state index contributed by atoms with van der Waals surface area (Å²) in [6.45, 7) is 18.9. The second-order valence-electron chi connectivity index (χ2n) is 14.4. The number of rotatable bonds is 16. The minimum atomic E-state index is -4.62. The number of ether oxygens (including phenoxy) is 2. The van der Waals surface area contributed by atoms with Crippen molar-refractivity contribution in [2.24, 2.45) is 0 Å². The largest absolute Gasteiger partial charge is 0.493 e. The number of alkyl carbamates (subject to hydrolysis) is 1. The molecule has 8 nitrogen and oxygen atoms in total. The van der Waals surface area contributed by atoms with Crippen molar-refractivity contribution in [3.8, 4) is 5.75 Å². The van der Waals surface area contributed by atoms with Gasteiger partial charge >= 0.3 is 20.1 Å². The van der Waals surface area contributed by atoms with Crippen LogP contribution in [0.5, 0.6) is 5.75 Å². The van der Waals surface area contributed by atoms with Gasteiger partial charge in [-0.2, -0.15) is 13.2 Å². The second-order valence-corrected chi connectivity index (χ2v) is 15.9. The van der Waals surface area contributed by atoms with E-state index in [0.717, 1.165) is 31.7 Å². The molecule has 1 unspecified atom stereocenters. The zero-order chi connectivity index (χ0) is 34.0. The van der Waals surface area contributed by atoms with Gasteiger partial charge in [-0.15, -0.1) is 0 Å². The lowest BCUT2D eigenvalue weighted by Crippen LogP contribution is -2.51. The summed E-state index contributed by atoms with van der Waals surface area (Å²) in [6.07, 6.45) is -0.380. The van der Waals surface area contributed by atoms with Crippen LogP contribution in [0.1, 0.15) is 126 Å². The zero-order valence-electron chi connectivity index (χ0n) is 28.5. The van der Waals surface area contributed by atoms with E-state index in [0.29, 0.717) is 12.0 Å². The highest BCUT2D eigenvalue weighted by Gasteiger charge is 2.41. The first-order valence-corrected chi connectivity index (χ1v) is 16.8. The van der Waals surface area contributed by atoms with Gasteiger partial charge < -0.3 is 14.8 Å². The molecule has 0 saturated carbocycles. The van der Waals surface area contributed by atoms with Gasteiger partial charge in [-0.1, -0.05) is 38.7 Å². The Morgan fingerprint density at radius 3 is 1.91 bits per heavy atom. The van der Waals surface area contributed by atoms with Crippen molar-refractivity contribution in [1.82, 2.24) is 5.32 Å². The molecule has 0 aromatic heterocycles. The van der Waals surface area contributed by atoms with E-state index in [2.05, 4.69) is 12.2 Å². The Balaban J connectivity index is 3.23. The van der Waals surface area contributed by atoms with Gasteiger partial charge in [0.1, 0.15) is 11.4 Å². The van der Waals surface area contributed by atoms with Crippen molar-refractivity contribution < 1.29 is 45.6 Å². The lowest BCUT2D eigenvalue weighted by molar-refractivity contribution is -0.139. The lowest BCUT2D eigenvalue weighted by atomic mass is 9.93. The van der Waals surface area contributed by atoms with Gasteiger partial charge in [0, 0.05) is 0 Å². The first-order chi connectivity index (χ1) is 19.9. The molecule has 0 saturated heterocycles. The third-order valence-electron chi connectivity index (χ3n) is 5.94. The molecule has 0 aliphatic carbocycles. The molecule has 0 heterocycles. The normalized spacial score (nSPS) is 14.7. The smallest absolute Gasteiger partial charge is 0.475 e. The van der Waals surface area contributed by atoms with Crippen LogP contribution in [0.3, 0.4) is 0 Å². The Bertz CT molecular complexity index is 1070. The molecule has 0 aliphatic rings. The molecule has 1 amide bonds. The van der Waals surface area contributed by atoms with Gasteiger partial charge in [-0.25, -0.2) is 9.36 Å². The molecule has 12 heteroatoms. The third-order valence-corrected chi connectivity index (χ3v) is 7.92. The minimum Gasteiger partial charge on any atom is -0.493 e. The molecule has 0 bridgehead atoms. The number of unbranched alkanes of at least 4 members (excludes halogenated alkanes) is 4. The van der Waals surface area contributed by atoms with Crippen molar-refractivity contribution in [3.63, 3.8) is 0 Å². The summed E-state index contributed by atoms with van der Waals surface area (Å²) in [5.74, 6) is -0.214. The predicted molar refractivity (Wildman–Crippen MR) is 167 cm³/mol. The molecule has 44 heavy (non-hydrogen) atoms. The quantitative estimate of drug-likeness (QED) is 0.140. The fraction of sp³-hybridized carbons (Fsp3) is 0.781. The average molecular weight is 654 g/mol. The molecule has 1 aromatic rings. The number of benzene rings is 1. The van der Waals surface area contributed by atoms with E-state index in [1.165, 1.54) is 6.07 Å². The van der Waals surface area contributed by atoms with Gasteiger partial charge in [0.15, 0.2) is 0 Å². The molecule has 0 spiro atoms. The fourth-order valence-corrected chi connectivity index (χ4v) is 6.00. The van der Waals surface area contributed by atoms with Crippen molar-refractivity contribution >= 4 is 13.9 Å². The predicted octanol–water partition coefficient (Wildman–Crippen LogP) is 10.0. The van der Waals surface area contributed by atoms with Crippen LogP contribution in [0.15, 0.2) is 18.2 Å². The monoisotopic (exact) mass is 653 g/mol.